The highest BCUT2D eigenvalue weighted by molar-refractivity contribution is 6.16. The zero-order chi connectivity index (χ0) is 29.4. The molecule has 2 amide bonds. The van der Waals surface area contributed by atoms with E-state index in [0.717, 1.165) is 35.2 Å². The van der Waals surface area contributed by atoms with E-state index in [2.05, 4.69) is 20.6 Å². The molecule has 0 radical (unpaired) electrons. The van der Waals surface area contributed by atoms with E-state index in [1.165, 1.54) is 19.3 Å². The van der Waals surface area contributed by atoms with Gasteiger partial charge in [-0.1, -0.05) is 17.7 Å². The Labute approximate surface area is 250 Å². The van der Waals surface area contributed by atoms with Gasteiger partial charge in [-0.15, -0.1) is 0 Å². The maximum Gasteiger partial charge on any atom is 0.241 e. The lowest BCUT2D eigenvalue weighted by atomic mass is 9.91. The molecule has 2 saturated carbocycles. The number of benzene rings is 2. The molecule has 1 atom stereocenters. The van der Waals surface area contributed by atoms with Crippen molar-refractivity contribution in [1.82, 2.24) is 9.97 Å². The molecule has 2 aromatic heterocycles. The third-order valence-corrected chi connectivity index (χ3v) is 8.92. The minimum atomic E-state index is -1.08. The molecule has 7 rings (SSSR count). The zero-order valence-corrected chi connectivity index (χ0v) is 24.1. The maximum atomic E-state index is 13.0. The number of rotatable bonds is 9. The Bertz CT molecular complexity index is 1660. The Morgan fingerprint density at radius 3 is 2.44 bits per heavy atom. The Morgan fingerprint density at radius 1 is 0.907 bits per heavy atom. The molecular weight excluding hydrogens is 544 g/mol. The average Bonchev–Trinajstić information content (AvgIpc) is 3.96. The fourth-order valence-corrected chi connectivity index (χ4v) is 5.84. The number of nitrogens with one attached hydrogen (secondary N) is 2. The molecule has 1 saturated heterocycles. The van der Waals surface area contributed by atoms with Crippen LogP contribution in [0.1, 0.15) is 44.1 Å². The summed E-state index contributed by atoms with van der Waals surface area (Å²) in [7, 11) is 0. The topological polar surface area (TPSA) is 112 Å². The first kappa shape index (κ1) is 27.3. The van der Waals surface area contributed by atoms with E-state index < -0.39 is 5.41 Å². The summed E-state index contributed by atoms with van der Waals surface area (Å²) in [5.74, 6) is 1.58. The summed E-state index contributed by atoms with van der Waals surface area (Å²) < 4.78 is 18.3. The van der Waals surface area contributed by atoms with Gasteiger partial charge in [0.2, 0.25) is 11.8 Å². The van der Waals surface area contributed by atoms with Crippen molar-refractivity contribution in [1.29, 1.82) is 0 Å². The number of fused-ring (bicyclic) bond motifs is 1. The molecule has 0 bridgehead atoms. The summed E-state index contributed by atoms with van der Waals surface area (Å²) in [5, 5.41) is 6.50. The largest absolute Gasteiger partial charge is 0.491 e. The minimum Gasteiger partial charge on any atom is -0.491 e. The number of amides is 2. The van der Waals surface area contributed by atoms with Crippen molar-refractivity contribution in [3.05, 3.63) is 78.6 Å². The summed E-state index contributed by atoms with van der Waals surface area (Å²) in [6.07, 6.45) is 9.23. The molecule has 9 nitrogen and oxygen atoms in total. The van der Waals surface area contributed by atoms with Crippen LogP contribution in [0.5, 0.6) is 17.2 Å². The monoisotopic (exact) mass is 578 g/mol. The second kappa shape index (κ2) is 11.0. The summed E-state index contributed by atoms with van der Waals surface area (Å²) in [4.78, 5) is 34.8. The van der Waals surface area contributed by atoms with Gasteiger partial charge in [0, 0.05) is 35.4 Å². The van der Waals surface area contributed by atoms with Crippen molar-refractivity contribution in [3.63, 3.8) is 0 Å². The van der Waals surface area contributed by atoms with Gasteiger partial charge in [-0.05, 0) is 87.9 Å². The molecule has 2 aliphatic carbocycles. The van der Waals surface area contributed by atoms with Crippen molar-refractivity contribution in [3.8, 4) is 17.2 Å². The van der Waals surface area contributed by atoms with Crippen LogP contribution in [0.2, 0.25) is 0 Å². The van der Waals surface area contributed by atoms with Crippen LogP contribution in [0.3, 0.4) is 0 Å². The zero-order valence-electron chi connectivity index (χ0n) is 24.1. The lowest BCUT2D eigenvalue weighted by Crippen LogP contribution is -2.36. The molecule has 3 heterocycles. The number of aryl methyl sites for hydroxylation is 1. The van der Waals surface area contributed by atoms with Crippen molar-refractivity contribution < 1.29 is 23.8 Å². The number of hydrogen-bond acceptors (Lipinski definition) is 7. The van der Waals surface area contributed by atoms with E-state index >= 15 is 0 Å². The number of hydrogen-bond donors (Lipinski definition) is 2. The highest BCUT2D eigenvalue weighted by Crippen LogP contribution is 2.55. The number of pyridine rings is 2. The van der Waals surface area contributed by atoms with E-state index in [1.807, 2.05) is 49.4 Å². The van der Waals surface area contributed by atoms with Crippen LogP contribution in [0, 0.1) is 17.8 Å². The van der Waals surface area contributed by atoms with Gasteiger partial charge in [0.05, 0.1) is 17.8 Å². The predicted molar refractivity (Wildman–Crippen MR) is 162 cm³/mol. The summed E-state index contributed by atoms with van der Waals surface area (Å²) in [6, 6.07) is 18.5. The summed E-state index contributed by atoms with van der Waals surface area (Å²) in [5.41, 5.74) is 1.77. The molecule has 1 aliphatic heterocycles. The van der Waals surface area contributed by atoms with Gasteiger partial charge < -0.3 is 24.8 Å². The standard InChI is InChI=1S/C34H34N4O5/c1-22-3-5-23(6-4-22)37-31(39)34(15-16-34)32(40)38-30-10-8-25(20-36-30)43-28-11-17-35-27-19-24(7-9-26(27)28)42-21-29-33(13-14-33)12-2-18-41-29/h3-11,17,19-20,29H,2,12-16,18,21H2,1H3,(H,37,39)(H,36,38,40). The Balaban J connectivity index is 0.973. The van der Waals surface area contributed by atoms with Crippen molar-refractivity contribution >= 4 is 34.2 Å². The van der Waals surface area contributed by atoms with Gasteiger partial charge >= 0.3 is 0 Å². The molecule has 220 valence electrons. The van der Waals surface area contributed by atoms with Crippen molar-refractivity contribution in [2.75, 3.05) is 23.8 Å². The molecule has 3 fully saturated rings. The van der Waals surface area contributed by atoms with Crippen molar-refractivity contribution in [2.24, 2.45) is 10.8 Å². The van der Waals surface area contributed by atoms with Crippen LogP contribution >= 0.6 is 0 Å². The van der Waals surface area contributed by atoms with E-state index in [-0.39, 0.29) is 17.9 Å². The van der Waals surface area contributed by atoms with Crippen LogP contribution < -0.4 is 20.1 Å². The van der Waals surface area contributed by atoms with E-state index in [0.29, 0.717) is 47.9 Å². The third-order valence-electron chi connectivity index (χ3n) is 8.92. The van der Waals surface area contributed by atoms with Crippen LogP contribution in [0.25, 0.3) is 10.9 Å². The van der Waals surface area contributed by atoms with Crippen LogP contribution in [-0.4, -0.2) is 41.1 Å². The predicted octanol–water partition coefficient (Wildman–Crippen LogP) is 6.43. The lowest BCUT2D eigenvalue weighted by Gasteiger charge is -2.31. The van der Waals surface area contributed by atoms with Gasteiger partial charge in [0.1, 0.15) is 35.1 Å². The number of nitrogens with zero attached hydrogens (tertiary/aromatic N) is 2. The first-order valence-electron chi connectivity index (χ1n) is 14.9. The summed E-state index contributed by atoms with van der Waals surface area (Å²) in [6.45, 7) is 3.34. The first-order chi connectivity index (χ1) is 20.9. The Hall–Kier alpha value is -4.50. The Morgan fingerprint density at radius 2 is 1.70 bits per heavy atom. The maximum absolute atomic E-state index is 13.0. The third kappa shape index (κ3) is 5.64. The number of aromatic nitrogens is 2. The molecule has 3 aliphatic rings. The van der Waals surface area contributed by atoms with Gasteiger partial charge in [-0.25, -0.2) is 4.98 Å². The number of carbonyl (C=O) groups is 2. The smallest absolute Gasteiger partial charge is 0.241 e. The van der Waals surface area contributed by atoms with Crippen LogP contribution in [-0.2, 0) is 14.3 Å². The van der Waals surface area contributed by atoms with Gasteiger partial charge in [0.15, 0.2) is 0 Å². The van der Waals surface area contributed by atoms with E-state index in [4.69, 9.17) is 14.2 Å². The SMILES string of the molecule is Cc1ccc(NC(=O)C2(C(=O)Nc3ccc(Oc4ccnc5cc(OCC6OCCCC67CC7)ccc45)cn3)CC2)cc1. The molecule has 2 N–H and O–H groups in total. The number of carbonyl (C=O) groups excluding carboxylic acids is 2. The molecular formula is C34H34N4O5. The molecule has 1 spiro atoms. The average molecular weight is 579 g/mol. The van der Waals surface area contributed by atoms with Crippen molar-refractivity contribution in [2.45, 2.75) is 51.6 Å². The molecule has 2 aromatic carbocycles. The minimum absolute atomic E-state index is 0.158. The lowest BCUT2D eigenvalue weighted by molar-refractivity contribution is -0.131. The van der Waals surface area contributed by atoms with Gasteiger partial charge in [-0.2, -0.15) is 0 Å². The summed E-state index contributed by atoms with van der Waals surface area (Å²) >= 11 is 0. The van der Waals surface area contributed by atoms with Crippen LogP contribution in [0.4, 0.5) is 11.5 Å². The second-order valence-corrected chi connectivity index (χ2v) is 12.0. The van der Waals surface area contributed by atoms with Gasteiger partial charge in [0.25, 0.3) is 0 Å². The van der Waals surface area contributed by atoms with Crippen LogP contribution in [0.15, 0.2) is 73.1 Å². The highest BCUT2D eigenvalue weighted by Gasteiger charge is 2.56. The molecule has 9 heteroatoms. The van der Waals surface area contributed by atoms with Gasteiger partial charge in [-0.3, -0.25) is 14.6 Å². The van der Waals surface area contributed by atoms with E-state index in [1.54, 1.807) is 30.6 Å². The fourth-order valence-electron chi connectivity index (χ4n) is 5.84. The normalized spacial score (nSPS) is 19.4. The Kier molecular flexibility index (Phi) is 6.97. The number of anilines is 2. The second-order valence-electron chi connectivity index (χ2n) is 12.0. The van der Waals surface area contributed by atoms with E-state index in [9.17, 15) is 9.59 Å². The quantitative estimate of drug-likeness (QED) is 0.220. The molecule has 43 heavy (non-hydrogen) atoms. The molecule has 4 aromatic rings. The first-order valence-corrected chi connectivity index (χ1v) is 14.9. The number of ether oxygens (including phenoxy) is 3. The highest BCUT2D eigenvalue weighted by atomic mass is 16.5. The fraction of sp³-hybridized carbons (Fsp3) is 0.353. The molecule has 1 unspecified atom stereocenters.